The molecule has 2 aliphatic rings. The SMILES string of the molecule is C1=Cc2ccccc2C2(C1)c1ccccc1-c1ccc(N(c3ccc(-c4nc5ccccc5o4)cc3)c3ccc(-c4nc5ccccc5o4)cc3)cc12. The van der Waals surface area contributed by atoms with Crippen LogP contribution in [0.15, 0.2) is 179 Å². The summed E-state index contributed by atoms with van der Waals surface area (Å²) in [5.74, 6) is 1.21. The van der Waals surface area contributed by atoms with E-state index in [0.717, 1.165) is 56.8 Å². The Kier molecular flexibility index (Phi) is 6.46. The summed E-state index contributed by atoms with van der Waals surface area (Å²) in [4.78, 5) is 11.8. The van der Waals surface area contributed by atoms with Gasteiger partial charge in [-0.05, 0) is 125 Å². The lowest BCUT2D eigenvalue weighted by molar-refractivity contribution is 0.619. The zero-order chi connectivity index (χ0) is 34.9. The summed E-state index contributed by atoms with van der Waals surface area (Å²) in [5.41, 5.74) is 15.8. The van der Waals surface area contributed by atoms with Gasteiger partial charge in [0.2, 0.25) is 11.8 Å². The molecule has 0 N–H and O–H groups in total. The molecule has 1 spiro atoms. The highest BCUT2D eigenvalue weighted by Gasteiger charge is 2.46. The summed E-state index contributed by atoms with van der Waals surface area (Å²) >= 11 is 0. The van der Waals surface area contributed by atoms with Crippen molar-refractivity contribution < 1.29 is 8.83 Å². The molecule has 250 valence electrons. The van der Waals surface area contributed by atoms with Crippen LogP contribution in [-0.2, 0) is 5.41 Å². The standard InChI is InChI=1S/C48H31N3O2/c1-3-13-39-31(10-1)11-9-29-48(39)40-14-4-2-12-37(40)38-28-27-36(30-41(38)48)51(34-23-19-32(20-24-34)46-49-42-15-5-7-17-44(42)52-46)35-25-21-33(22-26-35)47-50-43-16-6-8-18-45(43)53-47/h1-28,30H,29H2. The third kappa shape index (κ3) is 4.57. The molecule has 0 fully saturated rings. The second kappa shape index (κ2) is 11.5. The Bertz CT molecular complexity index is 2700. The Balaban J connectivity index is 1.06. The molecule has 7 aromatic carbocycles. The summed E-state index contributed by atoms with van der Waals surface area (Å²) in [7, 11) is 0. The number of anilines is 3. The number of rotatable bonds is 5. The Morgan fingerprint density at radius 2 is 1.00 bits per heavy atom. The molecule has 0 saturated heterocycles. The molecular formula is C48H31N3O2. The number of benzene rings is 7. The number of allylic oxidation sites excluding steroid dienone is 1. The lowest BCUT2D eigenvalue weighted by Gasteiger charge is -2.36. The van der Waals surface area contributed by atoms with Gasteiger partial charge < -0.3 is 13.7 Å². The van der Waals surface area contributed by atoms with Gasteiger partial charge in [0.15, 0.2) is 11.2 Å². The Labute approximate surface area is 306 Å². The van der Waals surface area contributed by atoms with E-state index in [-0.39, 0.29) is 5.41 Å². The van der Waals surface area contributed by atoms with Gasteiger partial charge in [0.25, 0.3) is 0 Å². The first-order valence-electron chi connectivity index (χ1n) is 18.0. The van der Waals surface area contributed by atoms with Crippen LogP contribution in [0.5, 0.6) is 0 Å². The van der Waals surface area contributed by atoms with Crippen LogP contribution >= 0.6 is 0 Å². The number of fused-ring (bicyclic) bond motifs is 9. The first-order chi connectivity index (χ1) is 26.2. The van der Waals surface area contributed by atoms with Crippen molar-refractivity contribution in [2.75, 3.05) is 4.90 Å². The van der Waals surface area contributed by atoms with Gasteiger partial charge in [0.1, 0.15) is 11.0 Å². The van der Waals surface area contributed by atoms with E-state index in [1.807, 2.05) is 48.5 Å². The molecule has 53 heavy (non-hydrogen) atoms. The zero-order valence-electron chi connectivity index (χ0n) is 28.6. The summed E-state index contributed by atoms with van der Waals surface area (Å²) < 4.78 is 12.3. The molecule has 0 aliphatic heterocycles. The highest BCUT2D eigenvalue weighted by molar-refractivity contribution is 5.89. The third-order valence-corrected chi connectivity index (χ3v) is 10.9. The van der Waals surface area contributed by atoms with Crippen LogP contribution in [0.4, 0.5) is 17.1 Å². The molecular weight excluding hydrogens is 651 g/mol. The monoisotopic (exact) mass is 681 g/mol. The molecule has 0 saturated carbocycles. The van der Waals surface area contributed by atoms with Crippen LogP contribution in [0.3, 0.4) is 0 Å². The van der Waals surface area contributed by atoms with Crippen LogP contribution in [-0.4, -0.2) is 9.97 Å². The highest BCUT2D eigenvalue weighted by atomic mass is 16.4. The first-order valence-corrected chi connectivity index (χ1v) is 18.0. The summed E-state index contributed by atoms with van der Waals surface area (Å²) in [6.45, 7) is 0. The van der Waals surface area contributed by atoms with Crippen molar-refractivity contribution in [3.05, 3.63) is 192 Å². The maximum Gasteiger partial charge on any atom is 0.227 e. The van der Waals surface area contributed by atoms with Gasteiger partial charge in [-0.2, -0.15) is 0 Å². The van der Waals surface area contributed by atoms with Crippen LogP contribution in [0, 0.1) is 0 Å². The summed E-state index contributed by atoms with van der Waals surface area (Å²) in [5, 5.41) is 0. The van der Waals surface area contributed by atoms with Gasteiger partial charge in [0, 0.05) is 28.2 Å². The molecule has 0 radical (unpaired) electrons. The van der Waals surface area contributed by atoms with Crippen LogP contribution < -0.4 is 4.90 Å². The number of aromatic nitrogens is 2. The van der Waals surface area contributed by atoms with E-state index in [1.165, 1.54) is 33.4 Å². The van der Waals surface area contributed by atoms with Crippen LogP contribution in [0.25, 0.3) is 62.3 Å². The Hall–Kier alpha value is -6.98. The van der Waals surface area contributed by atoms with E-state index in [4.69, 9.17) is 18.8 Å². The van der Waals surface area contributed by atoms with E-state index < -0.39 is 0 Å². The zero-order valence-corrected chi connectivity index (χ0v) is 28.6. The fourth-order valence-corrected chi connectivity index (χ4v) is 8.45. The molecule has 5 nitrogen and oxygen atoms in total. The van der Waals surface area contributed by atoms with Crippen molar-refractivity contribution in [3.63, 3.8) is 0 Å². The quantitative estimate of drug-likeness (QED) is 0.181. The van der Waals surface area contributed by atoms with E-state index in [2.05, 4.69) is 132 Å². The predicted molar refractivity (Wildman–Crippen MR) is 213 cm³/mol. The van der Waals surface area contributed by atoms with Gasteiger partial charge in [0.05, 0.1) is 5.41 Å². The van der Waals surface area contributed by atoms with E-state index >= 15 is 0 Å². The van der Waals surface area contributed by atoms with Crippen molar-refractivity contribution in [1.29, 1.82) is 0 Å². The molecule has 2 aromatic heterocycles. The number of hydrogen-bond donors (Lipinski definition) is 0. The molecule has 1 unspecified atom stereocenters. The molecule has 9 aromatic rings. The smallest absolute Gasteiger partial charge is 0.227 e. The van der Waals surface area contributed by atoms with Gasteiger partial charge in [-0.3, -0.25) is 0 Å². The predicted octanol–water partition coefficient (Wildman–Crippen LogP) is 12.5. The van der Waals surface area contributed by atoms with Gasteiger partial charge >= 0.3 is 0 Å². The fourth-order valence-electron chi connectivity index (χ4n) is 8.45. The van der Waals surface area contributed by atoms with Crippen LogP contribution in [0.2, 0.25) is 0 Å². The third-order valence-electron chi connectivity index (χ3n) is 10.9. The summed E-state index contributed by atoms with van der Waals surface area (Å²) in [6, 6.07) is 57.5. The second-order valence-electron chi connectivity index (χ2n) is 13.8. The number of para-hydroxylation sites is 4. The second-order valence-corrected chi connectivity index (χ2v) is 13.8. The van der Waals surface area contributed by atoms with E-state index in [0.29, 0.717) is 11.8 Å². The van der Waals surface area contributed by atoms with E-state index in [1.54, 1.807) is 0 Å². The molecule has 0 amide bonds. The molecule has 5 heteroatoms. The maximum absolute atomic E-state index is 6.13. The highest BCUT2D eigenvalue weighted by Crippen LogP contribution is 2.57. The molecule has 2 heterocycles. The van der Waals surface area contributed by atoms with Gasteiger partial charge in [-0.15, -0.1) is 0 Å². The normalized spacial score (nSPS) is 15.5. The summed E-state index contributed by atoms with van der Waals surface area (Å²) in [6.07, 6.45) is 5.51. The van der Waals surface area contributed by atoms with Crippen molar-refractivity contribution in [3.8, 4) is 34.0 Å². The lowest BCUT2D eigenvalue weighted by Crippen LogP contribution is -2.29. The number of nitrogens with zero attached hydrogens (tertiary/aromatic N) is 3. The number of hydrogen-bond acceptors (Lipinski definition) is 5. The topological polar surface area (TPSA) is 55.3 Å². The lowest BCUT2D eigenvalue weighted by atomic mass is 9.66. The molecule has 0 bridgehead atoms. The minimum absolute atomic E-state index is 0.285. The fraction of sp³-hybridized carbons (Fsp3) is 0.0417. The van der Waals surface area contributed by atoms with Crippen molar-refractivity contribution in [2.45, 2.75) is 11.8 Å². The average Bonchev–Trinajstić information content (AvgIpc) is 3.93. The van der Waals surface area contributed by atoms with Gasteiger partial charge in [-0.1, -0.05) is 91.0 Å². The molecule has 1 atom stereocenters. The molecule has 2 aliphatic carbocycles. The minimum atomic E-state index is -0.285. The maximum atomic E-state index is 6.13. The van der Waals surface area contributed by atoms with Crippen LogP contribution in [0.1, 0.15) is 28.7 Å². The Morgan fingerprint density at radius 3 is 1.64 bits per heavy atom. The first kappa shape index (κ1) is 29.7. The van der Waals surface area contributed by atoms with Crippen molar-refractivity contribution in [2.24, 2.45) is 0 Å². The minimum Gasteiger partial charge on any atom is -0.436 e. The average molecular weight is 682 g/mol. The number of oxazole rings is 2. The van der Waals surface area contributed by atoms with Crippen molar-refractivity contribution >= 4 is 45.3 Å². The van der Waals surface area contributed by atoms with E-state index in [9.17, 15) is 0 Å². The largest absolute Gasteiger partial charge is 0.436 e. The van der Waals surface area contributed by atoms with Crippen molar-refractivity contribution in [1.82, 2.24) is 9.97 Å². The Morgan fingerprint density at radius 1 is 0.472 bits per heavy atom. The van der Waals surface area contributed by atoms with Gasteiger partial charge in [-0.25, -0.2) is 9.97 Å². The molecule has 11 rings (SSSR count).